The summed E-state index contributed by atoms with van der Waals surface area (Å²) in [7, 11) is -2.54. The Bertz CT molecular complexity index is 384. The van der Waals surface area contributed by atoms with Gasteiger partial charge < -0.3 is 16.1 Å². The van der Waals surface area contributed by atoms with E-state index in [4.69, 9.17) is 5.54 Å². The number of hydrogen-bond acceptors (Lipinski definition) is 2. The van der Waals surface area contributed by atoms with Crippen molar-refractivity contribution in [2.24, 2.45) is 0 Å². The van der Waals surface area contributed by atoms with Crippen LogP contribution in [-0.2, 0) is 6.54 Å². The van der Waals surface area contributed by atoms with E-state index in [1.807, 2.05) is 0 Å². The molecule has 0 saturated carbocycles. The molecule has 1 N–H and O–H groups in total. The number of aliphatic hydroxyl groups is 1. The van der Waals surface area contributed by atoms with Gasteiger partial charge in [-0.3, -0.25) is 6.08 Å². The van der Waals surface area contributed by atoms with Crippen molar-refractivity contribution >= 4 is 0 Å². The van der Waals surface area contributed by atoms with Gasteiger partial charge in [0.25, 0.3) is 0 Å². The van der Waals surface area contributed by atoms with Crippen LogP contribution >= 0.6 is 0 Å². The van der Waals surface area contributed by atoms with Crippen LogP contribution in [0.5, 0.6) is 0 Å². The molecule has 0 bridgehead atoms. The van der Waals surface area contributed by atoms with Crippen LogP contribution in [0.25, 0.3) is 0 Å². The van der Waals surface area contributed by atoms with E-state index in [9.17, 15) is 0 Å². The molecule has 1 heterocycles. The molecule has 1 aliphatic heterocycles. The fraction of sp³-hybridized carbons (Fsp3) is 0.385. The molecule has 0 atom stereocenters. The number of hydrogen-bond donors (Lipinski definition) is 1. The number of benzene rings is 1. The van der Waals surface area contributed by atoms with E-state index in [1.54, 1.807) is 0 Å². The predicted octanol–water partition coefficient (Wildman–Crippen LogP) is -1.14. The molecule has 16 heavy (non-hydrogen) atoms. The third kappa shape index (κ3) is 5.53. The molecule has 0 amide bonds. The zero-order chi connectivity index (χ0) is 14.1. The Morgan fingerprint density at radius 2 is 2.25 bits per heavy atom. The zero-order valence-electron chi connectivity index (χ0n) is 13.6. The van der Waals surface area contributed by atoms with Crippen molar-refractivity contribution < 1.29 is 28.1 Å². The summed E-state index contributed by atoms with van der Waals surface area (Å²) in [6.45, 7) is 3.26. The van der Waals surface area contributed by atoms with Crippen molar-refractivity contribution in [2.75, 3.05) is 20.1 Å². The van der Waals surface area contributed by atoms with E-state index >= 15 is 0 Å². The van der Waals surface area contributed by atoms with Gasteiger partial charge in [-0.05, 0) is 18.7 Å². The van der Waals surface area contributed by atoms with Gasteiger partial charge in [0.15, 0.2) is 0 Å². The van der Waals surface area contributed by atoms with Gasteiger partial charge in [-0.2, -0.15) is 6.42 Å². The van der Waals surface area contributed by atoms with Crippen molar-refractivity contribution in [3.05, 3.63) is 48.0 Å². The smallest absolute Gasteiger partial charge is 0.498 e. The Kier molecular flexibility index (Phi) is 5.75. The van der Waals surface area contributed by atoms with Gasteiger partial charge in [-0.25, -0.2) is 0 Å². The third-order valence-corrected chi connectivity index (χ3v) is 2.32. The summed E-state index contributed by atoms with van der Waals surface area (Å²) in [6.07, 6.45) is 6.44. The molecule has 82 valence electrons. The standard InChI is InChI=1S/C12H14N.CH4O.Li/c1-3-7-12(8-4-1)11-13-9-5-2-6-10-13;1-2;/h1,3-5,7-8H,6,9-11H2;2H,1H3;/q-1;;+1/i;1D3,2D;. The number of rotatable bonds is 2. The summed E-state index contributed by atoms with van der Waals surface area (Å²) in [5, 5.41) is 3.19. The average Bonchev–Trinajstić information content (AvgIpc) is 2.41. The van der Waals surface area contributed by atoms with Crippen molar-refractivity contribution in [3.8, 4) is 0 Å². The summed E-state index contributed by atoms with van der Waals surface area (Å²) < 4.78 is 24.1. The largest absolute Gasteiger partial charge is 1.00 e. The van der Waals surface area contributed by atoms with Crippen LogP contribution in [0.2, 0.25) is 0 Å². The summed E-state index contributed by atoms with van der Waals surface area (Å²) in [4.78, 5) is 2.44. The molecule has 1 aliphatic rings. The van der Waals surface area contributed by atoms with Crippen LogP contribution in [0.15, 0.2) is 36.4 Å². The topological polar surface area (TPSA) is 23.5 Å². The quantitative estimate of drug-likeness (QED) is 0.498. The molecule has 0 aromatic heterocycles. The molecule has 0 fully saturated rings. The Labute approximate surface area is 116 Å². The maximum Gasteiger partial charge on any atom is 1.00 e. The van der Waals surface area contributed by atoms with Crippen LogP contribution in [0.1, 0.15) is 16.1 Å². The fourth-order valence-corrected chi connectivity index (χ4v) is 1.59. The molecule has 0 spiro atoms. The van der Waals surface area contributed by atoms with Gasteiger partial charge in [0.05, 0.1) is 4.11 Å². The van der Waals surface area contributed by atoms with Gasteiger partial charge in [-0.15, -0.1) is 0 Å². The minimum atomic E-state index is -2.54. The molecule has 3 heteroatoms. The SMILES string of the molecule is [2H]OC([2H])([2H])[2H].[C-]1=CCN(Cc2ccccc2)CC1.[Li+]. The minimum Gasteiger partial charge on any atom is -0.498 e. The first-order chi connectivity index (χ1) is 9.01. The molecule has 0 saturated heterocycles. The molecule has 0 radical (unpaired) electrons. The van der Waals surface area contributed by atoms with Gasteiger partial charge in [0, 0.05) is 13.6 Å². The Morgan fingerprint density at radius 1 is 1.50 bits per heavy atom. The van der Waals surface area contributed by atoms with Gasteiger partial charge in [0.2, 0.25) is 1.43 Å². The summed E-state index contributed by atoms with van der Waals surface area (Å²) >= 11 is 0. The fourth-order valence-electron chi connectivity index (χ4n) is 1.59. The second kappa shape index (κ2) is 9.69. The van der Waals surface area contributed by atoms with Crippen LogP contribution < -0.4 is 18.9 Å². The summed E-state index contributed by atoms with van der Waals surface area (Å²) in [5.74, 6) is 0. The molecule has 1 aromatic carbocycles. The monoisotopic (exact) mass is 215 g/mol. The maximum atomic E-state index is 6.10. The van der Waals surface area contributed by atoms with Crippen LogP contribution in [0, 0.1) is 6.08 Å². The summed E-state index contributed by atoms with van der Waals surface area (Å²) in [5.41, 5.74) is 1.40. The third-order valence-electron chi connectivity index (χ3n) is 2.32. The van der Waals surface area contributed by atoms with Gasteiger partial charge in [0.1, 0.15) is 0 Å². The van der Waals surface area contributed by atoms with Crippen molar-refractivity contribution in [2.45, 2.75) is 13.0 Å². The van der Waals surface area contributed by atoms with E-state index < -0.39 is 7.04 Å². The Hall–Kier alpha value is -0.523. The second-order valence-electron chi connectivity index (χ2n) is 3.38. The molecular formula is C13H18LiNO. The zero-order valence-corrected chi connectivity index (χ0v) is 9.65. The van der Waals surface area contributed by atoms with Crippen molar-refractivity contribution in [1.29, 1.82) is 1.43 Å². The van der Waals surface area contributed by atoms with E-state index in [0.717, 1.165) is 26.1 Å². The van der Waals surface area contributed by atoms with E-state index in [1.165, 1.54) is 5.56 Å². The first kappa shape index (κ1) is 9.50. The molecule has 2 rings (SSSR count). The van der Waals surface area contributed by atoms with E-state index in [-0.39, 0.29) is 18.9 Å². The number of nitrogens with zero attached hydrogens (tertiary/aromatic N) is 1. The summed E-state index contributed by atoms with van der Waals surface area (Å²) in [6, 6.07) is 10.6. The normalized spacial score (nSPS) is 19.0. The van der Waals surface area contributed by atoms with Crippen LogP contribution in [0.3, 0.4) is 0 Å². The first-order valence-corrected chi connectivity index (χ1v) is 4.97. The maximum absolute atomic E-state index is 6.10. The first-order valence-electron chi connectivity index (χ1n) is 6.88. The molecule has 0 aliphatic carbocycles. The van der Waals surface area contributed by atoms with E-state index in [0.29, 0.717) is 0 Å². The van der Waals surface area contributed by atoms with Crippen molar-refractivity contribution in [1.82, 2.24) is 4.90 Å². The van der Waals surface area contributed by atoms with Gasteiger partial charge >= 0.3 is 18.9 Å². The van der Waals surface area contributed by atoms with Crippen molar-refractivity contribution in [3.63, 3.8) is 0 Å². The van der Waals surface area contributed by atoms with E-state index in [2.05, 4.69) is 52.5 Å². The van der Waals surface area contributed by atoms with Gasteiger partial charge in [-0.1, -0.05) is 30.3 Å². The molecule has 1 aromatic rings. The minimum absolute atomic E-state index is 0. The average molecular weight is 215 g/mol. The second-order valence-corrected chi connectivity index (χ2v) is 3.38. The Morgan fingerprint density at radius 3 is 2.81 bits per heavy atom. The molecule has 0 unspecified atom stereocenters. The van der Waals surface area contributed by atoms with Crippen LogP contribution in [-0.4, -0.2) is 31.6 Å². The van der Waals surface area contributed by atoms with Crippen LogP contribution in [0.4, 0.5) is 0 Å². The Balaban J connectivity index is 0.000000448. The molecular weight excluding hydrogens is 193 g/mol. The predicted molar refractivity (Wildman–Crippen MR) is 62.3 cm³/mol. The molecule has 2 nitrogen and oxygen atoms in total.